The standard InChI is InChI=1S/C18H24N2O4S/c1-12(11-21)25-18(17(22)19-2)7-6-14(20(18)3)13-4-5-15-16(10-13)24-9-8-23-15/h4-5,10-12,14H,6-9H2,1-3H3,(H,19,22). The first-order chi connectivity index (χ1) is 12.0. The first kappa shape index (κ1) is 18.1. The Morgan fingerprint density at radius 2 is 2.12 bits per heavy atom. The summed E-state index contributed by atoms with van der Waals surface area (Å²) in [6.45, 7) is 2.94. The number of carbonyl (C=O) groups excluding carboxylic acids is 2. The lowest BCUT2D eigenvalue weighted by Gasteiger charge is -2.37. The molecule has 1 N–H and O–H groups in total. The van der Waals surface area contributed by atoms with E-state index >= 15 is 0 Å². The smallest absolute Gasteiger partial charge is 0.250 e. The van der Waals surface area contributed by atoms with Crippen LogP contribution in [-0.2, 0) is 9.59 Å². The summed E-state index contributed by atoms with van der Waals surface area (Å²) in [5.41, 5.74) is 1.09. The van der Waals surface area contributed by atoms with E-state index < -0.39 is 4.87 Å². The minimum atomic E-state index is -0.743. The summed E-state index contributed by atoms with van der Waals surface area (Å²) in [7, 11) is 3.59. The van der Waals surface area contributed by atoms with Gasteiger partial charge in [0.1, 0.15) is 24.4 Å². The number of rotatable bonds is 5. The van der Waals surface area contributed by atoms with Crippen LogP contribution in [-0.4, -0.2) is 54.5 Å². The Morgan fingerprint density at radius 3 is 2.80 bits per heavy atom. The molecule has 1 aromatic rings. The second-order valence-electron chi connectivity index (χ2n) is 6.39. The van der Waals surface area contributed by atoms with Crippen LogP contribution in [0, 0.1) is 0 Å². The fraction of sp³-hybridized carbons (Fsp3) is 0.556. The maximum absolute atomic E-state index is 12.7. The van der Waals surface area contributed by atoms with E-state index in [0.717, 1.165) is 29.8 Å². The van der Waals surface area contributed by atoms with Gasteiger partial charge in [-0.3, -0.25) is 9.69 Å². The third kappa shape index (κ3) is 3.22. The first-order valence-electron chi connectivity index (χ1n) is 8.49. The number of benzene rings is 1. The molecule has 7 heteroatoms. The zero-order chi connectivity index (χ0) is 18.0. The molecule has 1 saturated heterocycles. The minimum absolute atomic E-state index is 0.0613. The summed E-state index contributed by atoms with van der Waals surface area (Å²) in [5, 5.41) is 2.52. The highest BCUT2D eigenvalue weighted by atomic mass is 32.2. The summed E-state index contributed by atoms with van der Waals surface area (Å²) in [5.74, 6) is 1.45. The number of amides is 1. The molecule has 0 saturated carbocycles. The van der Waals surface area contributed by atoms with Crippen LogP contribution in [0.2, 0.25) is 0 Å². The summed E-state index contributed by atoms with van der Waals surface area (Å²) >= 11 is 1.41. The largest absolute Gasteiger partial charge is 0.486 e. The molecule has 6 nitrogen and oxygen atoms in total. The van der Waals surface area contributed by atoms with E-state index in [1.165, 1.54) is 11.8 Å². The third-order valence-electron chi connectivity index (χ3n) is 4.90. The number of likely N-dealkylation sites (N-methyl/N-ethyl adjacent to an activating group) is 2. The molecule has 1 amide bonds. The van der Waals surface area contributed by atoms with Crippen LogP contribution in [0.15, 0.2) is 18.2 Å². The molecule has 1 fully saturated rings. The van der Waals surface area contributed by atoms with Gasteiger partial charge in [0.05, 0.1) is 5.25 Å². The molecule has 0 radical (unpaired) electrons. The highest BCUT2D eigenvalue weighted by molar-refractivity contribution is 8.02. The Hall–Kier alpha value is -1.73. The van der Waals surface area contributed by atoms with Crippen molar-refractivity contribution in [1.82, 2.24) is 10.2 Å². The average molecular weight is 364 g/mol. The van der Waals surface area contributed by atoms with Crippen LogP contribution in [0.5, 0.6) is 11.5 Å². The lowest BCUT2D eigenvalue weighted by molar-refractivity contribution is -0.126. The molecule has 3 rings (SSSR count). The van der Waals surface area contributed by atoms with Crippen molar-refractivity contribution in [3.05, 3.63) is 23.8 Å². The molecule has 2 heterocycles. The maximum Gasteiger partial charge on any atom is 0.250 e. The first-order valence-corrected chi connectivity index (χ1v) is 9.37. The molecule has 136 valence electrons. The number of aldehydes is 1. The van der Waals surface area contributed by atoms with Crippen molar-refractivity contribution >= 4 is 24.0 Å². The van der Waals surface area contributed by atoms with Crippen molar-refractivity contribution < 1.29 is 19.1 Å². The highest BCUT2D eigenvalue weighted by Gasteiger charge is 2.51. The Kier molecular flexibility index (Phi) is 5.24. The average Bonchev–Trinajstić information content (AvgIpc) is 2.97. The zero-order valence-corrected chi connectivity index (χ0v) is 15.6. The molecule has 2 aliphatic heterocycles. The predicted molar refractivity (Wildman–Crippen MR) is 97.1 cm³/mol. The van der Waals surface area contributed by atoms with Crippen LogP contribution in [0.1, 0.15) is 31.4 Å². The summed E-state index contributed by atoms with van der Waals surface area (Å²) in [6.07, 6.45) is 2.41. The van der Waals surface area contributed by atoms with Gasteiger partial charge in [0, 0.05) is 13.1 Å². The van der Waals surface area contributed by atoms with Gasteiger partial charge in [0.2, 0.25) is 0 Å². The molecule has 2 aliphatic rings. The number of nitrogens with zero attached hydrogens (tertiary/aromatic N) is 1. The van der Waals surface area contributed by atoms with Gasteiger partial charge < -0.3 is 19.6 Å². The van der Waals surface area contributed by atoms with E-state index in [0.29, 0.717) is 19.6 Å². The lowest BCUT2D eigenvalue weighted by atomic mass is 10.0. The Labute approximate surface area is 152 Å². The maximum atomic E-state index is 12.7. The molecular formula is C18H24N2O4S. The van der Waals surface area contributed by atoms with E-state index in [9.17, 15) is 9.59 Å². The Balaban J connectivity index is 1.89. The fourth-order valence-corrected chi connectivity index (χ4v) is 5.02. The predicted octanol–water partition coefficient (Wildman–Crippen LogP) is 1.99. The summed E-state index contributed by atoms with van der Waals surface area (Å²) in [4.78, 5) is 25.2. The van der Waals surface area contributed by atoms with Crippen molar-refractivity contribution in [2.24, 2.45) is 0 Å². The highest BCUT2D eigenvalue weighted by Crippen LogP contribution is 2.49. The van der Waals surface area contributed by atoms with E-state index in [1.807, 2.05) is 32.2 Å². The van der Waals surface area contributed by atoms with Gasteiger partial charge in [-0.15, -0.1) is 11.8 Å². The normalized spacial score (nSPS) is 26.9. The van der Waals surface area contributed by atoms with Gasteiger partial charge in [-0.1, -0.05) is 6.07 Å². The van der Waals surface area contributed by atoms with Crippen LogP contribution < -0.4 is 14.8 Å². The number of fused-ring (bicyclic) bond motifs is 1. The number of nitrogens with one attached hydrogen (secondary N) is 1. The van der Waals surface area contributed by atoms with Gasteiger partial charge in [0.25, 0.3) is 5.91 Å². The monoisotopic (exact) mass is 364 g/mol. The molecule has 0 aliphatic carbocycles. The summed E-state index contributed by atoms with van der Waals surface area (Å²) < 4.78 is 11.3. The van der Waals surface area contributed by atoms with Gasteiger partial charge in [-0.05, 0) is 44.5 Å². The van der Waals surface area contributed by atoms with E-state index in [4.69, 9.17) is 9.47 Å². The minimum Gasteiger partial charge on any atom is -0.486 e. The number of likely N-dealkylation sites (tertiary alicyclic amines) is 1. The quantitative estimate of drug-likeness (QED) is 0.806. The van der Waals surface area contributed by atoms with Gasteiger partial charge in [0.15, 0.2) is 11.5 Å². The van der Waals surface area contributed by atoms with E-state index in [1.54, 1.807) is 7.05 Å². The topological polar surface area (TPSA) is 67.9 Å². The fourth-order valence-electron chi connectivity index (χ4n) is 3.61. The van der Waals surface area contributed by atoms with Crippen molar-refractivity contribution in [3.8, 4) is 11.5 Å². The second-order valence-corrected chi connectivity index (χ2v) is 8.05. The number of thioether (sulfide) groups is 1. The number of carbonyl (C=O) groups is 2. The molecule has 3 atom stereocenters. The van der Waals surface area contributed by atoms with Gasteiger partial charge in [-0.2, -0.15) is 0 Å². The van der Waals surface area contributed by atoms with Crippen LogP contribution >= 0.6 is 11.8 Å². The van der Waals surface area contributed by atoms with E-state index in [2.05, 4.69) is 10.2 Å². The molecular weight excluding hydrogens is 340 g/mol. The number of hydrogen-bond acceptors (Lipinski definition) is 6. The van der Waals surface area contributed by atoms with Gasteiger partial charge >= 0.3 is 0 Å². The van der Waals surface area contributed by atoms with Gasteiger partial charge in [-0.25, -0.2) is 0 Å². The number of ether oxygens (including phenoxy) is 2. The van der Waals surface area contributed by atoms with Crippen molar-refractivity contribution in [2.75, 3.05) is 27.3 Å². The summed E-state index contributed by atoms with van der Waals surface area (Å²) in [6, 6.07) is 6.05. The third-order valence-corrected chi connectivity index (χ3v) is 6.45. The molecule has 0 bridgehead atoms. The Bertz CT molecular complexity index is 668. The van der Waals surface area contributed by atoms with Crippen molar-refractivity contribution in [1.29, 1.82) is 0 Å². The number of hydrogen-bond donors (Lipinski definition) is 1. The van der Waals surface area contributed by atoms with E-state index in [-0.39, 0.29) is 17.2 Å². The molecule has 0 aromatic heterocycles. The van der Waals surface area contributed by atoms with Crippen LogP contribution in [0.25, 0.3) is 0 Å². The van der Waals surface area contributed by atoms with Crippen LogP contribution in [0.3, 0.4) is 0 Å². The zero-order valence-electron chi connectivity index (χ0n) is 14.8. The van der Waals surface area contributed by atoms with Crippen molar-refractivity contribution in [3.63, 3.8) is 0 Å². The molecule has 3 unspecified atom stereocenters. The SMILES string of the molecule is CNC(=O)C1(SC(C)C=O)CCC(c2ccc3c(c2)OCCO3)N1C. The molecule has 1 aromatic carbocycles. The van der Waals surface area contributed by atoms with Crippen molar-refractivity contribution in [2.45, 2.75) is 35.9 Å². The Morgan fingerprint density at radius 1 is 1.40 bits per heavy atom. The lowest BCUT2D eigenvalue weighted by Crippen LogP contribution is -2.52. The molecule has 0 spiro atoms. The second kappa shape index (κ2) is 7.25. The molecule has 25 heavy (non-hydrogen) atoms. The van der Waals surface area contributed by atoms with Crippen LogP contribution in [0.4, 0.5) is 0 Å².